The van der Waals surface area contributed by atoms with Crippen molar-refractivity contribution in [2.45, 2.75) is 0 Å². The Bertz CT molecular complexity index is 585. The third kappa shape index (κ3) is 2.91. The largest absolute Gasteiger partial charge is 0.433 e. The fourth-order valence-electron chi connectivity index (χ4n) is 0.849. The first-order valence-electron chi connectivity index (χ1n) is 4.16. The van der Waals surface area contributed by atoms with E-state index in [-0.39, 0.29) is 17.2 Å². The van der Waals surface area contributed by atoms with E-state index in [2.05, 4.69) is 4.99 Å². The predicted octanol–water partition coefficient (Wildman–Crippen LogP) is 0.824. The second-order valence-corrected chi connectivity index (χ2v) is 2.68. The summed E-state index contributed by atoms with van der Waals surface area (Å²) >= 11 is 0. The highest BCUT2D eigenvalue weighted by atomic mass is 16.6. The molecule has 0 aliphatic rings. The first kappa shape index (κ1) is 11.9. The number of furan rings is 1. The minimum atomic E-state index is -0.706. The number of nitrogens with zero attached hydrogens (tertiary/aromatic N) is 4. The minimum absolute atomic E-state index is 0.0789. The van der Waals surface area contributed by atoms with Crippen LogP contribution in [0.2, 0.25) is 0 Å². The molecule has 0 aromatic carbocycles. The van der Waals surface area contributed by atoms with Crippen LogP contribution in [0.15, 0.2) is 32.9 Å². The lowest BCUT2D eigenvalue weighted by atomic mass is 10.4. The van der Waals surface area contributed by atoms with Gasteiger partial charge in [0.1, 0.15) is 22.8 Å². The van der Waals surface area contributed by atoms with Gasteiger partial charge in [-0.2, -0.15) is 10.5 Å². The van der Waals surface area contributed by atoms with E-state index < -0.39 is 10.8 Å². The zero-order valence-corrected chi connectivity index (χ0v) is 8.32. The van der Waals surface area contributed by atoms with Crippen molar-refractivity contribution in [1.82, 2.24) is 0 Å². The number of nitro groups is 1. The van der Waals surface area contributed by atoms with Crippen molar-refractivity contribution < 1.29 is 9.34 Å². The average Bonchev–Trinajstić information content (AvgIpc) is 2.78. The SMILES string of the molecule is N#CC(N)=C(C#N)N=Cc1ccc([N+](=O)[O-])o1. The van der Waals surface area contributed by atoms with Gasteiger partial charge in [0.2, 0.25) is 0 Å². The third-order valence-electron chi connectivity index (χ3n) is 1.59. The third-order valence-corrected chi connectivity index (χ3v) is 1.59. The van der Waals surface area contributed by atoms with Crippen molar-refractivity contribution in [3.8, 4) is 12.1 Å². The van der Waals surface area contributed by atoms with Gasteiger partial charge in [-0.05, 0) is 6.07 Å². The fourth-order valence-corrected chi connectivity index (χ4v) is 0.849. The van der Waals surface area contributed by atoms with Gasteiger partial charge in [-0.1, -0.05) is 0 Å². The molecule has 0 radical (unpaired) electrons. The second-order valence-electron chi connectivity index (χ2n) is 2.68. The number of nitrogens with two attached hydrogens (primary N) is 1. The van der Waals surface area contributed by atoms with Gasteiger partial charge in [-0.3, -0.25) is 10.1 Å². The topological polar surface area (TPSA) is 142 Å². The van der Waals surface area contributed by atoms with Crippen LogP contribution in [0.4, 0.5) is 5.88 Å². The highest BCUT2D eigenvalue weighted by molar-refractivity contribution is 5.77. The van der Waals surface area contributed by atoms with E-state index >= 15 is 0 Å². The Hall–Kier alpha value is -3.13. The van der Waals surface area contributed by atoms with Gasteiger partial charge in [-0.15, -0.1) is 0 Å². The molecule has 0 saturated carbocycles. The Labute approximate surface area is 95.0 Å². The fraction of sp³-hybridized carbons (Fsp3) is 0. The molecule has 0 bridgehead atoms. The Morgan fingerprint density at radius 1 is 1.53 bits per heavy atom. The smallest absolute Gasteiger partial charge is 0.400 e. The molecule has 1 aromatic rings. The molecule has 0 aliphatic heterocycles. The normalized spacial score (nSPS) is 11.6. The van der Waals surface area contributed by atoms with Crippen LogP contribution in [0.25, 0.3) is 0 Å². The molecule has 8 nitrogen and oxygen atoms in total. The molecule has 0 atom stereocenters. The maximum Gasteiger partial charge on any atom is 0.433 e. The van der Waals surface area contributed by atoms with Crippen molar-refractivity contribution in [1.29, 1.82) is 10.5 Å². The summed E-state index contributed by atoms with van der Waals surface area (Å²) < 4.78 is 4.75. The van der Waals surface area contributed by atoms with Crippen molar-refractivity contribution in [3.05, 3.63) is 39.4 Å². The van der Waals surface area contributed by atoms with E-state index in [0.717, 1.165) is 12.3 Å². The van der Waals surface area contributed by atoms with Gasteiger partial charge in [0.15, 0.2) is 11.5 Å². The van der Waals surface area contributed by atoms with Crippen LogP contribution >= 0.6 is 0 Å². The van der Waals surface area contributed by atoms with Crippen molar-refractivity contribution in [2.75, 3.05) is 0 Å². The Balaban J connectivity index is 2.95. The summed E-state index contributed by atoms with van der Waals surface area (Å²) in [5.74, 6) is -0.364. The summed E-state index contributed by atoms with van der Waals surface area (Å²) in [7, 11) is 0. The molecule has 1 heterocycles. The van der Waals surface area contributed by atoms with Crippen LogP contribution in [0.1, 0.15) is 5.76 Å². The molecular weight excluding hydrogens is 226 g/mol. The second kappa shape index (κ2) is 5.09. The Morgan fingerprint density at radius 3 is 2.71 bits per heavy atom. The van der Waals surface area contributed by atoms with Crippen LogP contribution in [0.5, 0.6) is 0 Å². The zero-order valence-electron chi connectivity index (χ0n) is 8.32. The Kier molecular flexibility index (Phi) is 3.58. The molecule has 0 spiro atoms. The lowest BCUT2D eigenvalue weighted by molar-refractivity contribution is -0.402. The number of rotatable bonds is 3. The summed E-state index contributed by atoms with van der Waals surface area (Å²) in [6, 6.07) is 5.62. The van der Waals surface area contributed by atoms with Gasteiger partial charge in [0.05, 0.1) is 12.3 Å². The highest BCUT2D eigenvalue weighted by Crippen LogP contribution is 2.14. The first-order chi connectivity index (χ1) is 8.08. The number of hydrogen-bond acceptors (Lipinski definition) is 7. The van der Waals surface area contributed by atoms with Gasteiger partial charge < -0.3 is 10.2 Å². The van der Waals surface area contributed by atoms with E-state index in [9.17, 15) is 10.1 Å². The monoisotopic (exact) mass is 231 g/mol. The maximum atomic E-state index is 10.3. The van der Waals surface area contributed by atoms with Crippen molar-refractivity contribution in [2.24, 2.45) is 10.7 Å². The number of nitriles is 2. The summed E-state index contributed by atoms with van der Waals surface area (Å²) in [6.45, 7) is 0. The summed E-state index contributed by atoms with van der Waals surface area (Å²) in [4.78, 5) is 13.2. The van der Waals surface area contributed by atoms with E-state index in [1.54, 1.807) is 12.1 Å². The van der Waals surface area contributed by atoms with E-state index in [1.165, 1.54) is 6.07 Å². The number of allylic oxidation sites excluding steroid dienone is 2. The van der Waals surface area contributed by atoms with Gasteiger partial charge in [-0.25, -0.2) is 4.99 Å². The number of aliphatic imine (C=N–C) groups is 1. The van der Waals surface area contributed by atoms with E-state index in [4.69, 9.17) is 20.7 Å². The Morgan fingerprint density at radius 2 is 2.24 bits per heavy atom. The number of hydrogen-bond donors (Lipinski definition) is 1. The average molecular weight is 231 g/mol. The van der Waals surface area contributed by atoms with Gasteiger partial charge in [0, 0.05) is 0 Å². The lowest BCUT2D eigenvalue weighted by Crippen LogP contribution is -1.97. The van der Waals surface area contributed by atoms with Crippen molar-refractivity contribution in [3.63, 3.8) is 0 Å². The van der Waals surface area contributed by atoms with Gasteiger partial charge in [0.25, 0.3) is 0 Å². The summed E-state index contributed by atoms with van der Waals surface area (Å²) in [6.07, 6.45) is 1.07. The quantitative estimate of drug-likeness (QED) is 0.353. The van der Waals surface area contributed by atoms with Crippen LogP contribution in [0.3, 0.4) is 0 Å². The lowest BCUT2D eigenvalue weighted by Gasteiger charge is -1.88. The first-order valence-corrected chi connectivity index (χ1v) is 4.16. The molecule has 1 rings (SSSR count). The summed E-state index contributed by atoms with van der Waals surface area (Å²) in [5, 5.41) is 27.4. The molecule has 84 valence electrons. The van der Waals surface area contributed by atoms with Crippen LogP contribution in [-0.4, -0.2) is 11.1 Å². The minimum Gasteiger partial charge on any atom is -0.400 e. The molecule has 0 amide bonds. The van der Waals surface area contributed by atoms with E-state index in [0.29, 0.717) is 0 Å². The van der Waals surface area contributed by atoms with Gasteiger partial charge >= 0.3 is 5.88 Å². The van der Waals surface area contributed by atoms with Crippen LogP contribution in [0, 0.1) is 32.8 Å². The maximum absolute atomic E-state index is 10.3. The molecule has 1 aromatic heterocycles. The molecule has 0 aliphatic carbocycles. The zero-order chi connectivity index (χ0) is 12.8. The standard InChI is InChI=1S/C9H5N5O3/c10-3-7(12)8(4-11)13-5-6-1-2-9(17-6)14(15)16/h1-2,5H,12H2. The molecule has 2 N–H and O–H groups in total. The van der Waals surface area contributed by atoms with Crippen molar-refractivity contribution >= 4 is 12.1 Å². The molecule has 0 unspecified atom stereocenters. The molecular formula is C9H5N5O3. The molecule has 0 saturated heterocycles. The van der Waals surface area contributed by atoms with Crippen LogP contribution in [-0.2, 0) is 0 Å². The van der Waals surface area contributed by atoms with E-state index in [1.807, 2.05) is 0 Å². The highest BCUT2D eigenvalue weighted by Gasteiger charge is 2.10. The predicted molar refractivity (Wildman–Crippen MR) is 55.4 cm³/mol. The molecule has 17 heavy (non-hydrogen) atoms. The molecule has 8 heteroatoms. The van der Waals surface area contributed by atoms with Crippen LogP contribution < -0.4 is 5.73 Å². The molecule has 0 fully saturated rings. The summed E-state index contributed by atoms with van der Waals surface area (Å²) in [5.41, 5.74) is 4.56.